The number of benzene rings is 3. The molecule has 190 valence electrons. The fraction of sp³-hybridized carbons (Fsp3) is 0.333. The van der Waals surface area contributed by atoms with Crippen LogP contribution in [0.5, 0.6) is 0 Å². The third kappa shape index (κ3) is 5.28. The van der Waals surface area contributed by atoms with Crippen LogP contribution in [0.25, 0.3) is 0 Å². The minimum absolute atomic E-state index is 0.111. The molecule has 1 saturated heterocycles. The molecule has 5 rings (SSSR count). The highest BCUT2D eigenvalue weighted by Crippen LogP contribution is 2.46. The molecule has 2 fully saturated rings. The lowest BCUT2D eigenvalue weighted by molar-refractivity contribution is -0.118. The van der Waals surface area contributed by atoms with Crippen LogP contribution in [0.4, 0.5) is 10.1 Å². The molecule has 6 nitrogen and oxygen atoms in total. The first-order valence-corrected chi connectivity index (χ1v) is 12.7. The van der Waals surface area contributed by atoms with Crippen molar-refractivity contribution >= 4 is 11.6 Å². The van der Waals surface area contributed by atoms with Gasteiger partial charge in [-0.3, -0.25) is 4.79 Å². The number of hydrogen-bond donors (Lipinski definition) is 4. The molecular formula is C30H31FN4O2. The second-order valence-electron chi connectivity index (χ2n) is 10.3. The lowest BCUT2D eigenvalue weighted by Gasteiger charge is -2.31. The standard InChI is InChI=1S/C30H31FN4O2/c31-25-12-9-20(13-14-30(33,23-10-11-23)24-8-4-5-21(15-24)18-32)16-26(25)35-28(36)27-17-29(37,19-34-27)22-6-2-1-3-7-22/h1-9,12,15-16,23,27,34,37H,10-11,13-14,17,19,33H2,(H,35,36)/t27-,29-,30+/m1/s1. The van der Waals surface area contributed by atoms with Gasteiger partial charge in [0.05, 0.1) is 23.4 Å². The van der Waals surface area contributed by atoms with Gasteiger partial charge < -0.3 is 21.5 Å². The van der Waals surface area contributed by atoms with Crippen LogP contribution in [-0.4, -0.2) is 23.6 Å². The van der Waals surface area contributed by atoms with Crippen LogP contribution in [-0.2, 0) is 22.4 Å². The van der Waals surface area contributed by atoms with Gasteiger partial charge in [-0.2, -0.15) is 5.26 Å². The summed E-state index contributed by atoms with van der Waals surface area (Å²) in [6.07, 6.45) is 3.52. The molecule has 1 amide bonds. The third-order valence-corrected chi connectivity index (χ3v) is 7.76. The molecular weight excluding hydrogens is 467 g/mol. The molecule has 3 aromatic carbocycles. The average Bonchev–Trinajstić information content (AvgIpc) is 3.71. The summed E-state index contributed by atoms with van der Waals surface area (Å²) in [6, 6.07) is 23.0. The monoisotopic (exact) mass is 498 g/mol. The maximum atomic E-state index is 14.7. The van der Waals surface area contributed by atoms with Crippen molar-refractivity contribution in [3.63, 3.8) is 0 Å². The molecule has 1 heterocycles. The van der Waals surface area contributed by atoms with Gasteiger partial charge in [0.2, 0.25) is 5.91 Å². The molecule has 0 bridgehead atoms. The lowest BCUT2D eigenvalue weighted by Crippen LogP contribution is -2.39. The number of carbonyl (C=O) groups is 1. The number of amides is 1. The Morgan fingerprint density at radius 2 is 1.95 bits per heavy atom. The highest BCUT2D eigenvalue weighted by atomic mass is 19.1. The zero-order chi connectivity index (χ0) is 26.0. The van der Waals surface area contributed by atoms with E-state index in [0.717, 1.165) is 29.5 Å². The second kappa shape index (κ2) is 10.1. The minimum atomic E-state index is -1.15. The van der Waals surface area contributed by atoms with E-state index >= 15 is 0 Å². The summed E-state index contributed by atoms with van der Waals surface area (Å²) in [7, 11) is 0. The summed E-state index contributed by atoms with van der Waals surface area (Å²) in [5.74, 6) is -0.559. The Morgan fingerprint density at radius 3 is 2.68 bits per heavy atom. The minimum Gasteiger partial charge on any atom is -0.384 e. The number of nitriles is 1. The maximum absolute atomic E-state index is 14.7. The average molecular weight is 499 g/mol. The van der Waals surface area contributed by atoms with Crippen molar-refractivity contribution in [1.29, 1.82) is 5.26 Å². The summed E-state index contributed by atoms with van der Waals surface area (Å²) < 4.78 is 14.7. The number of rotatable bonds is 8. The van der Waals surface area contributed by atoms with E-state index in [4.69, 9.17) is 5.73 Å². The summed E-state index contributed by atoms with van der Waals surface area (Å²) in [5, 5.41) is 26.1. The molecule has 2 aliphatic rings. The smallest absolute Gasteiger partial charge is 0.241 e. The molecule has 5 N–H and O–H groups in total. The van der Waals surface area contributed by atoms with Crippen LogP contribution >= 0.6 is 0 Å². The van der Waals surface area contributed by atoms with Gasteiger partial charge in [0, 0.05) is 18.5 Å². The Hall–Kier alpha value is -3.57. The number of aryl methyl sites for hydroxylation is 1. The van der Waals surface area contributed by atoms with Gasteiger partial charge in [-0.05, 0) is 72.6 Å². The van der Waals surface area contributed by atoms with E-state index in [2.05, 4.69) is 16.7 Å². The number of halogens is 1. The van der Waals surface area contributed by atoms with E-state index < -0.39 is 23.0 Å². The summed E-state index contributed by atoms with van der Waals surface area (Å²) in [5.41, 5.74) is 8.44. The van der Waals surface area contributed by atoms with Crippen molar-refractivity contribution in [1.82, 2.24) is 5.32 Å². The van der Waals surface area contributed by atoms with Gasteiger partial charge in [0.15, 0.2) is 0 Å². The van der Waals surface area contributed by atoms with Crippen LogP contribution < -0.4 is 16.4 Å². The van der Waals surface area contributed by atoms with E-state index in [0.29, 0.717) is 24.3 Å². The number of β-amino-alcohol motifs (C(OH)–C–C–N with tert-alkyl or cyclic N) is 1. The van der Waals surface area contributed by atoms with Crippen molar-refractivity contribution in [2.75, 3.05) is 11.9 Å². The first-order chi connectivity index (χ1) is 17.8. The van der Waals surface area contributed by atoms with Crippen LogP contribution in [0.15, 0.2) is 72.8 Å². The summed E-state index contributed by atoms with van der Waals surface area (Å²) in [6.45, 7) is 0.240. The molecule has 1 saturated carbocycles. The van der Waals surface area contributed by atoms with E-state index in [1.165, 1.54) is 6.07 Å². The Balaban J connectivity index is 1.27. The molecule has 0 spiro atoms. The number of anilines is 1. The highest BCUT2D eigenvalue weighted by Gasteiger charge is 2.43. The molecule has 7 heteroatoms. The first kappa shape index (κ1) is 25.1. The van der Waals surface area contributed by atoms with Crippen LogP contribution in [0, 0.1) is 23.1 Å². The highest BCUT2D eigenvalue weighted by molar-refractivity contribution is 5.95. The quantitative estimate of drug-likeness (QED) is 0.374. The molecule has 1 aliphatic heterocycles. The van der Waals surface area contributed by atoms with Gasteiger partial charge in [-0.15, -0.1) is 0 Å². The van der Waals surface area contributed by atoms with Gasteiger partial charge in [0.1, 0.15) is 11.4 Å². The van der Waals surface area contributed by atoms with Crippen LogP contribution in [0.2, 0.25) is 0 Å². The van der Waals surface area contributed by atoms with Crippen molar-refractivity contribution in [3.05, 3.63) is 101 Å². The zero-order valence-electron chi connectivity index (χ0n) is 20.6. The van der Waals surface area contributed by atoms with Gasteiger partial charge in [0.25, 0.3) is 0 Å². The number of nitrogens with one attached hydrogen (secondary N) is 2. The second-order valence-corrected chi connectivity index (χ2v) is 10.3. The molecule has 37 heavy (non-hydrogen) atoms. The van der Waals surface area contributed by atoms with Crippen molar-refractivity contribution in [2.45, 2.75) is 49.3 Å². The topological polar surface area (TPSA) is 111 Å². The normalized spacial score (nSPS) is 22.7. The number of aliphatic hydroxyl groups is 1. The van der Waals surface area contributed by atoms with E-state index in [1.807, 2.05) is 48.5 Å². The first-order valence-electron chi connectivity index (χ1n) is 12.7. The Kier molecular flexibility index (Phi) is 6.82. The predicted octanol–water partition coefficient (Wildman–Crippen LogP) is 4.08. The fourth-order valence-electron chi connectivity index (χ4n) is 5.38. The number of nitrogens with two attached hydrogens (primary N) is 1. The van der Waals surface area contributed by atoms with Gasteiger partial charge in [-0.25, -0.2) is 4.39 Å². The maximum Gasteiger partial charge on any atom is 0.241 e. The predicted molar refractivity (Wildman–Crippen MR) is 140 cm³/mol. The van der Waals surface area contributed by atoms with Crippen LogP contribution in [0.1, 0.15) is 47.9 Å². The van der Waals surface area contributed by atoms with Crippen LogP contribution in [0.3, 0.4) is 0 Å². The number of hydrogen-bond acceptors (Lipinski definition) is 5. The number of nitrogens with zero attached hydrogens (tertiary/aromatic N) is 1. The largest absolute Gasteiger partial charge is 0.384 e. The van der Waals surface area contributed by atoms with E-state index in [-0.39, 0.29) is 24.6 Å². The molecule has 0 aromatic heterocycles. The lowest BCUT2D eigenvalue weighted by atomic mass is 9.80. The van der Waals surface area contributed by atoms with E-state index in [9.17, 15) is 19.6 Å². The SMILES string of the molecule is N#Cc1cccc([C@](N)(CCc2ccc(F)c(NC(=O)[C@H]3C[C@](O)(c4ccccc4)CN3)c2)C2CC2)c1. The number of carbonyl (C=O) groups excluding carboxylic acids is 1. The molecule has 3 atom stereocenters. The molecule has 3 aromatic rings. The van der Waals surface area contributed by atoms with Crippen molar-refractivity contribution in [3.8, 4) is 6.07 Å². The van der Waals surface area contributed by atoms with Gasteiger partial charge >= 0.3 is 0 Å². The summed E-state index contributed by atoms with van der Waals surface area (Å²) in [4.78, 5) is 13.0. The Morgan fingerprint density at radius 1 is 1.16 bits per heavy atom. The summed E-state index contributed by atoms with van der Waals surface area (Å²) >= 11 is 0. The van der Waals surface area contributed by atoms with Crippen molar-refractivity contribution < 1.29 is 14.3 Å². The molecule has 1 aliphatic carbocycles. The molecule has 0 radical (unpaired) electrons. The van der Waals surface area contributed by atoms with Gasteiger partial charge in [-0.1, -0.05) is 48.5 Å². The molecule has 0 unspecified atom stereocenters. The van der Waals surface area contributed by atoms with E-state index in [1.54, 1.807) is 18.2 Å². The Bertz CT molecular complexity index is 1340. The zero-order valence-corrected chi connectivity index (χ0v) is 20.6. The third-order valence-electron chi connectivity index (χ3n) is 7.76. The van der Waals surface area contributed by atoms with Crippen molar-refractivity contribution in [2.24, 2.45) is 11.7 Å². The Labute approximate surface area is 216 Å². The fourth-order valence-corrected chi connectivity index (χ4v) is 5.38.